The van der Waals surface area contributed by atoms with Crippen LogP contribution < -0.4 is 4.57 Å². The second kappa shape index (κ2) is 5.73. The van der Waals surface area contributed by atoms with Gasteiger partial charge in [0.15, 0.2) is 0 Å². The van der Waals surface area contributed by atoms with Crippen molar-refractivity contribution in [3.8, 4) is 5.82 Å². The molecule has 0 unspecified atom stereocenters. The number of pyridine rings is 1. The lowest BCUT2D eigenvalue weighted by Gasteiger charge is -2.11. The third-order valence-electron chi connectivity index (χ3n) is 5.17. The molecule has 2 aromatic carbocycles. The first kappa shape index (κ1) is 14.7. The van der Waals surface area contributed by atoms with Gasteiger partial charge in [-0.05, 0) is 55.2 Å². The van der Waals surface area contributed by atoms with Crippen LogP contribution in [-0.4, -0.2) is 4.57 Å². The van der Waals surface area contributed by atoms with Gasteiger partial charge in [-0.15, -0.1) is 0 Å². The Balaban J connectivity index is 2.25. The molecule has 0 aliphatic rings. The van der Waals surface area contributed by atoms with Crippen molar-refractivity contribution in [1.82, 2.24) is 4.57 Å². The molecule has 4 aromatic rings. The van der Waals surface area contributed by atoms with Gasteiger partial charge in [0.05, 0.1) is 13.2 Å². The molecule has 2 aromatic heterocycles. The Bertz CT molecular complexity index is 1150. The van der Waals surface area contributed by atoms with E-state index in [1.165, 1.54) is 32.9 Å². The Morgan fingerprint density at radius 2 is 1.76 bits per heavy atom. The minimum atomic E-state index is 0.476. The first-order chi connectivity index (χ1) is 12.4. The van der Waals surface area contributed by atoms with E-state index in [9.17, 15) is 0 Å². The topological polar surface area (TPSA) is 8.81 Å². The van der Waals surface area contributed by atoms with Crippen LogP contribution in [0, 0.1) is 13.8 Å². The van der Waals surface area contributed by atoms with Crippen LogP contribution in [0.1, 0.15) is 37.8 Å². The summed E-state index contributed by atoms with van der Waals surface area (Å²) < 4.78 is 12.6. The van der Waals surface area contributed by atoms with Crippen LogP contribution in [0.4, 0.5) is 0 Å². The van der Waals surface area contributed by atoms with E-state index in [-0.39, 0.29) is 0 Å². The highest BCUT2D eigenvalue weighted by Gasteiger charge is 2.23. The maximum Gasteiger partial charge on any atom is 0.286 e. The molecule has 0 aliphatic carbocycles. The highest BCUT2D eigenvalue weighted by molar-refractivity contribution is 6.10. The normalized spacial score (nSPS) is 12.3. The summed E-state index contributed by atoms with van der Waals surface area (Å²) in [6.45, 7) is 8.78. The Hall–Kier alpha value is -2.61. The summed E-state index contributed by atoms with van der Waals surface area (Å²) in [7, 11) is 1.97. The second-order valence-electron chi connectivity index (χ2n) is 7.26. The Kier molecular flexibility index (Phi) is 3.37. The average Bonchev–Trinajstić information content (AvgIpc) is 2.93. The molecule has 0 radical (unpaired) electrons. The van der Waals surface area contributed by atoms with E-state index in [1.54, 1.807) is 0 Å². The van der Waals surface area contributed by atoms with E-state index >= 15 is 0 Å². The summed E-state index contributed by atoms with van der Waals surface area (Å²) in [5.74, 6) is 1.51. The average molecular weight is 330 g/mol. The first-order valence-corrected chi connectivity index (χ1v) is 8.90. The predicted octanol–water partition coefficient (Wildman–Crippen LogP) is 5.35. The largest absolute Gasteiger partial charge is 0.286 e. The molecular formula is C23H25N2+. The van der Waals surface area contributed by atoms with Gasteiger partial charge in [-0.1, -0.05) is 32.0 Å². The van der Waals surface area contributed by atoms with Crippen molar-refractivity contribution in [3.05, 3.63) is 71.4 Å². The van der Waals surface area contributed by atoms with Crippen molar-refractivity contribution in [2.24, 2.45) is 7.05 Å². The van der Waals surface area contributed by atoms with Crippen molar-refractivity contribution >= 4 is 21.8 Å². The molecular weight excluding hydrogens is 304 g/mol. The van der Waals surface area contributed by atoms with Crippen molar-refractivity contribution in [3.63, 3.8) is 0 Å². The predicted molar refractivity (Wildman–Crippen MR) is 106 cm³/mol. The maximum atomic E-state index is 8.33. The van der Waals surface area contributed by atoms with E-state index in [4.69, 9.17) is 1.37 Å². The fourth-order valence-electron chi connectivity index (χ4n) is 3.92. The van der Waals surface area contributed by atoms with Crippen molar-refractivity contribution in [2.45, 2.75) is 33.6 Å². The number of benzene rings is 2. The summed E-state index contributed by atoms with van der Waals surface area (Å²) in [6.07, 6.45) is 0.517. The summed E-state index contributed by atoms with van der Waals surface area (Å²) in [4.78, 5) is 0. The van der Waals surface area contributed by atoms with E-state index in [0.29, 0.717) is 12.1 Å². The number of hydrogen-bond donors (Lipinski definition) is 0. The zero-order valence-electron chi connectivity index (χ0n) is 16.6. The highest BCUT2D eigenvalue weighted by atomic mass is 15.1. The van der Waals surface area contributed by atoms with Gasteiger partial charge in [0.2, 0.25) is 0 Å². The van der Waals surface area contributed by atoms with Crippen LogP contribution in [0.25, 0.3) is 27.6 Å². The molecule has 25 heavy (non-hydrogen) atoms. The number of rotatable bonds is 2. The molecule has 0 atom stereocenters. The number of fused-ring (bicyclic) bond motifs is 3. The number of para-hydroxylation sites is 1. The molecule has 2 heterocycles. The first-order valence-electron chi connectivity index (χ1n) is 9.40. The van der Waals surface area contributed by atoms with Crippen LogP contribution >= 0.6 is 0 Å². The van der Waals surface area contributed by atoms with E-state index in [0.717, 1.165) is 11.4 Å². The SMILES string of the molecule is [2H]c1cc(C)cc(-n2c3ccccc3c3ccc(C(C)C)c(C)c32)[n+]1C. The van der Waals surface area contributed by atoms with Crippen molar-refractivity contribution in [2.75, 3.05) is 0 Å². The Morgan fingerprint density at radius 1 is 1.00 bits per heavy atom. The van der Waals surface area contributed by atoms with Crippen LogP contribution in [0.2, 0.25) is 0 Å². The van der Waals surface area contributed by atoms with Gasteiger partial charge in [0.1, 0.15) is 12.4 Å². The van der Waals surface area contributed by atoms with E-state index in [2.05, 4.69) is 74.7 Å². The second-order valence-corrected chi connectivity index (χ2v) is 7.26. The molecule has 4 rings (SSSR count). The molecule has 0 saturated heterocycles. The van der Waals surface area contributed by atoms with Gasteiger partial charge in [-0.25, -0.2) is 4.57 Å². The standard InChI is InChI=1S/C23H25N2/c1-15(2)18-10-11-20-19-8-6-7-9-21(19)25(23(20)17(18)4)22-14-16(3)12-13-24(22)5/h6-15H,1-5H3/q+1/i13D. The molecule has 2 heteroatoms. The van der Waals surface area contributed by atoms with E-state index in [1.807, 2.05) is 17.7 Å². The van der Waals surface area contributed by atoms with E-state index < -0.39 is 0 Å². The number of hydrogen-bond acceptors (Lipinski definition) is 0. The zero-order chi connectivity index (χ0) is 18.6. The monoisotopic (exact) mass is 330 g/mol. The van der Waals surface area contributed by atoms with Crippen molar-refractivity contribution < 1.29 is 5.94 Å². The summed E-state index contributed by atoms with van der Waals surface area (Å²) in [5.41, 5.74) is 6.24. The van der Waals surface area contributed by atoms with Gasteiger partial charge in [-0.2, -0.15) is 4.57 Å². The zero-order valence-corrected chi connectivity index (χ0v) is 15.6. The maximum absolute atomic E-state index is 8.33. The fourth-order valence-corrected chi connectivity index (χ4v) is 3.92. The lowest BCUT2D eigenvalue weighted by molar-refractivity contribution is -0.665. The molecule has 2 nitrogen and oxygen atoms in total. The number of aryl methyl sites for hydroxylation is 2. The Morgan fingerprint density at radius 3 is 2.52 bits per heavy atom. The molecule has 0 aliphatic heterocycles. The van der Waals surface area contributed by atoms with Crippen molar-refractivity contribution in [1.29, 1.82) is 0 Å². The Labute approximate surface area is 150 Å². The van der Waals surface area contributed by atoms with Crippen LogP contribution in [0.3, 0.4) is 0 Å². The number of aromatic nitrogens is 2. The molecule has 0 fully saturated rings. The third-order valence-corrected chi connectivity index (χ3v) is 5.17. The van der Waals surface area contributed by atoms with Gasteiger partial charge < -0.3 is 0 Å². The molecule has 0 bridgehead atoms. The summed E-state index contributed by atoms with van der Waals surface area (Å²) in [6, 6.07) is 17.2. The third kappa shape index (κ3) is 2.36. The molecule has 0 spiro atoms. The molecule has 126 valence electrons. The molecule has 0 amide bonds. The lowest BCUT2D eigenvalue weighted by atomic mass is 9.95. The lowest BCUT2D eigenvalue weighted by Crippen LogP contribution is -2.33. The van der Waals surface area contributed by atoms with Crippen LogP contribution in [0.5, 0.6) is 0 Å². The smallest absolute Gasteiger partial charge is 0.237 e. The minimum Gasteiger partial charge on any atom is -0.237 e. The summed E-state index contributed by atoms with van der Waals surface area (Å²) in [5, 5.41) is 2.53. The molecule has 0 saturated carbocycles. The van der Waals surface area contributed by atoms with Gasteiger partial charge in [0, 0.05) is 22.4 Å². The summed E-state index contributed by atoms with van der Waals surface area (Å²) >= 11 is 0. The van der Waals surface area contributed by atoms with Gasteiger partial charge in [-0.3, -0.25) is 0 Å². The van der Waals surface area contributed by atoms with Gasteiger partial charge >= 0.3 is 0 Å². The van der Waals surface area contributed by atoms with Crippen LogP contribution in [0.15, 0.2) is 54.7 Å². The number of nitrogens with zero attached hydrogens (tertiary/aromatic N) is 2. The molecule has 0 N–H and O–H groups in total. The quantitative estimate of drug-likeness (QED) is 0.438. The highest BCUT2D eigenvalue weighted by Crippen LogP contribution is 2.36. The van der Waals surface area contributed by atoms with Gasteiger partial charge in [0.25, 0.3) is 5.82 Å². The minimum absolute atomic E-state index is 0.476. The fraction of sp³-hybridized carbons (Fsp3) is 0.261. The van der Waals surface area contributed by atoms with Crippen LogP contribution in [-0.2, 0) is 7.05 Å².